The molecule has 3 N–H and O–H groups in total. The Bertz CT molecular complexity index is 463. The van der Waals surface area contributed by atoms with E-state index >= 15 is 0 Å². The van der Waals surface area contributed by atoms with E-state index in [0.29, 0.717) is 23.7 Å². The smallest absolute Gasteiger partial charge is 0.295 e. The molecule has 0 fully saturated rings. The summed E-state index contributed by atoms with van der Waals surface area (Å²) in [6.45, 7) is 6.04. The molecule has 1 unspecified atom stereocenters. The van der Waals surface area contributed by atoms with Gasteiger partial charge in [-0.15, -0.1) is 0 Å². The molecule has 0 heterocycles. The number of benzene rings is 1. The van der Waals surface area contributed by atoms with Crippen molar-refractivity contribution in [2.45, 2.75) is 33.2 Å². The molecule has 5 nitrogen and oxygen atoms in total. The van der Waals surface area contributed by atoms with Gasteiger partial charge in [0, 0.05) is 12.6 Å². The van der Waals surface area contributed by atoms with Gasteiger partial charge in [-0.2, -0.15) is 0 Å². The summed E-state index contributed by atoms with van der Waals surface area (Å²) in [6, 6.07) is 2.33. The maximum atomic E-state index is 13.4. The number of hydrogen-bond acceptors (Lipinski definition) is 4. The van der Waals surface area contributed by atoms with Gasteiger partial charge in [-0.05, 0) is 30.9 Å². The highest BCUT2D eigenvalue weighted by Crippen LogP contribution is 2.28. The second-order valence-electron chi connectivity index (χ2n) is 5.08. The molecular formula is C13H20FN3O2. The molecule has 0 radical (unpaired) electrons. The summed E-state index contributed by atoms with van der Waals surface area (Å²) in [5.41, 5.74) is 6.09. The molecule has 0 amide bonds. The maximum Gasteiger partial charge on any atom is 0.295 e. The average Bonchev–Trinajstić information content (AvgIpc) is 2.31. The zero-order valence-corrected chi connectivity index (χ0v) is 11.4. The summed E-state index contributed by atoms with van der Waals surface area (Å²) in [4.78, 5) is 10.4. The van der Waals surface area contributed by atoms with Crippen molar-refractivity contribution in [1.29, 1.82) is 0 Å². The number of anilines is 1. The first-order valence-corrected chi connectivity index (χ1v) is 6.26. The van der Waals surface area contributed by atoms with Crippen molar-refractivity contribution in [2.24, 2.45) is 11.7 Å². The quantitative estimate of drug-likeness (QED) is 0.614. The predicted octanol–water partition coefficient (Wildman–Crippen LogP) is 2.83. The first-order chi connectivity index (χ1) is 8.85. The van der Waals surface area contributed by atoms with E-state index in [2.05, 4.69) is 19.2 Å². The molecule has 106 valence electrons. The van der Waals surface area contributed by atoms with E-state index in [9.17, 15) is 14.5 Å². The van der Waals surface area contributed by atoms with Gasteiger partial charge in [0.1, 0.15) is 11.5 Å². The standard InChI is InChI=1S/C13H20FN3O2/c1-8(2)4-10(7-15)16-12-5-9(3)11(14)6-13(12)17(18)19/h5-6,8,10,16H,4,7,15H2,1-3H3. The number of rotatable bonds is 6. The fourth-order valence-corrected chi connectivity index (χ4v) is 1.94. The van der Waals surface area contributed by atoms with Gasteiger partial charge in [-0.1, -0.05) is 13.8 Å². The highest BCUT2D eigenvalue weighted by atomic mass is 19.1. The van der Waals surface area contributed by atoms with Crippen LogP contribution in [0.2, 0.25) is 0 Å². The second-order valence-corrected chi connectivity index (χ2v) is 5.08. The van der Waals surface area contributed by atoms with E-state index in [1.165, 1.54) is 6.07 Å². The monoisotopic (exact) mass is 269 g/mol. The highest BCUT2D eigenvalue weighted by Gasteiger charge is 2.19. The Morgan fingerprint density at radius 2 is 2.11 bits per heavy atom. The molecule has 0 spiro atoms. The number of nitro benzene ring substituents is 1. The third-order valence-corrected chi connectivity index (χ3v) is 2.87. The second kappa shape index (κ2) is 6.47. The van der Waals surface area contributed by atoms with Crippen molar-refractivity contribution in [3.8, 4) is 0 Å². The molecule has 0 aliphatic heterocycles. The summed E-state index contributed by atoms with van der Waals surface area (Å²) in [6.07, 6.45) is 0.796. The summed E-state index contributed by atoms with van der Waals surface area (Å²) in [7, 11) is 0. The molecule has 6 heteroatoms. The van der Waals surface area contributed by atoms with E-state index in [1.807, 2.05) is 0 Å². The van der Waals surface area contributed by atoms with Crippen LogP contribution in [0.5, 0.6) is 0 Å². The molecular weight excluding hydrogens is 249 g/mol. The molecule has 1 rings (SSSR count). The summed E-state index contributed by atoms with van der Waals surface area (Å²) in [5, 5.41) is 14.0. The van der Waals surface area contributed by atoms with Gasteiger partial charge >= 0.3 is 0 Å². The first kappa shape index (κ1) is 15.4. The van der Waals surface area contributed by atoms with Gasteiger partial charge in [0.25, 0.3) is 5.69 Å². The van der Waals surface area contributed by atoms with Crippen molar-refractivity contribution in [2.75, 3.05) is 11.9 Å². The van der Waals surface area contributed by atoms with Crippen LogP contribution < -0.4 is 11.1 Å². The van der Waals surface area contributed by atoms with Gasteiger partial charge < -0.3 is 11.1 Å². The van der Waals surface area contributed by atoms with Gasteiger partial charge in [0.05, 0.1) is 11.0 Å². The van der Waals surface area contributed by atoms with Crippen molar-refractivity contribution in [1.82, 2.24) is 0 Å². The molecule has 19 heavy (non-hydrogen) atoms. The number of nitrogens with one attached hydrogen (secondary N) is 1. The number of nitro groups is 1. The summed E-state index contributed by atoms with van der Waals surface area (Å²) >= 11 is 0. The lowest BCUT2D eigenvalue weighted by atomic mass is 10.0. The van der Waals surface area contributed by atoms with Gasteiger partial charge in [-0.3, -0.25) is 10.1 Å². The van der Waals surface area contributed by atoms with Crippen LogP contribution in [0, 0.1) is 28.8 Å². The van der Waals surface area contributed by atoms with Crippen molar-refractivity contribution >= 4 is 11.4 Å². The van der Waals surface area contributed by atoms with Crippen molar-refractivity contribution in [3.63, 3.8) is 0 Å². The number of nitrogens with zero attached hydrogens (tertiary/aromatic N) is 1. The maximum absolute atomic E-state index is 13.4. The molecule has 0 saturated carbocycles. The summed E-state index contributed by atoms with van der Waals surface area (Å²) < 4.78 is 13.4. The van der Waals surface area contributed by atoms with Crippen LogP contribution in [0.25, 0.3) is 0 Å². The molecule has 1 aromatic rings. The lowest BCUT2D eigenvalue weighted by Gasteiger charge is -2.20. The van der Waals surface area contributed by atoms with Crippen LogP contribution in [0.3, 0.4) is 0 Å². The number of aryl methyl sites for hydroxylation is 1. The topological polar surface area (TPSA) is 81.2 Å². The molecule has 0 aliphatic carbocycles. The molecule has 1 atom stereocenters. The molecule has 0 aromatic heterocycles. The Labute approximate surface area is 112 Å². The minimum absolute atomic E-state index is 0.0661. The van der Waals surface area contributed by atoms with E-state index < -0.39 is 10.7 Å². The van der Waals surface area contributed by atoms with Gasteiger partial charge in [-0.25, -0.2) is 4.39 Å². The minimum Gasteiger partial charge on any atom is -0.375 e. The average molecular weight is 269 g/mol. The Hall–Kier alpha value is -1.69. The van der Waals surface area contributed by atoms with Crippen molar-refractivity contribution < 1.29 is 9.31 Å². The molecule has 1 aromatic carbocycles. The first-order valence-electron chi connectivity index (χ1n) is 6.26. The number of halogens is 1. The highest BCUT2D eigenvalue weighted by molar-refractivity contribution is 5.63. The van der Waals surface area contributed by atoms with Crippen LogP contribution in [0.15, 0.2) is 12.1 Å². The normalized spacial score (nSPS) is 12.5. The summed E-state index contributed by atoms with van der Waals surface area (Å²) in [5.74, 6) is -0.160. The van der Waals surface area contributed by atoms with E-state index in [-0.39, 0.29) is 11.7 Å². The Balaban J connectivity index is 3.04. The largest absolute Gasteiger partial charge is 0.375 e. The fourth-order valence-electron chi connectivity index (χ4n) is 1.94. The van der Waals surface area contributed by atoms with Crippen LogP contribution in [-0.4, -0.2) is 17.5 Å². The Morgan fingerprint density at radius 3 is 2.58 bits per heavy atom. The fraction of sp³-hybridized carbons (Fsp3) is 0.538. The lowest BCUT2D eigenvalue weighted by Crippen LogP contribution is -2.30. The van der Waals surface area contributed by atoms with Crippen LogP contribution >= 0.6 is 0 Å². The van der Waals surface area contributed by atoms with Crippen LogP contribution in [0.4, 0.5) is 15.8 Å². The SMILES string of the molecule is Cc1cc(NC(CN)CC(C)C)c([N+](=O)[O-])cc1F. The number of nitrogens with two attached hydrogens (primary N) is 1. The van der Waals surface area contributed by atoms with E-state index in [1.54, 1.807) is 6.92 Å². The van der Waals surface area contributed by atoms with Gasteiger partial charge in [0.2, 0.25) is 0 Å². The molecule has 0 saturated heterocycles. The van der Waals surface area contributed by atoms with E-state index in [0.717, 1.165) is 12.5 Å². The molecule has 0 bridgehead atoms. The van der Waals surface area contributed by atoms with Crippen molar-refractivity contribution in [3.05, 3.63) is 33.6 Å². The van der Waals surface area contributed by atoms with E-state index in [4.69, 9.17) is 5.73 Å². The Morgan fingerprint density at radius 1 is 1.47 bits per heavy atom. The van der Waals surface area contributed by atoms with Gasteiger partial charge in [0.15, 0.2) is 0 Å². The lowest BCUT2D eigenvalue weighted by molar-refractivity contribution is -0.384. The minimum atomic E-state index is -0.589. The third-order valence-electron chi connectivity index (χ3n) is 2.87. The molecule has 0 aliphatic rings. The Kier molecular flexibility index (Phi) is 5.23. The number of hydrogen-bond donors (Lipinski definition) is 2. The zero-order chi connectivity index (χ0) is 14.6. The predicted molar refractivity (Wildman–Crippen MR) is 73.7 cm³/mol. The van der Waals surface area contributed by atoms with Crippen LogP contribution in [0.1, 0.15) is 25.8 Å². The zero-order valence-electron chi connectivity index (χ0n) is 11.4. The third kappa shape index (κ3) is 4.17. The van der Waals surface area contributed by atoms with Crippen LogP contribution in [-0.2, 0) is 0 Å².